The Hall–Kier alpha value is -0.540. The number of thioether (sulfide) groups is 3. The summed E-state index contributed by atoms with van der Waals surface area (Å²) in [6.45, 7) is 15.4. The molecule has 0 aromatic carbocycles. The van der Waals surface area contributed by atoms with Crippen LogP contribution in [0.15, 0.2) is 0 Å². The average molecular weight is 562 g/mol. The van der Waals surface area contributed by atoms with Crippen molar-refractivity contribution in [2.75, 3.05) is 54.3 Å². The maximum atomic E-state index is 5.84. The topological polar surface area (TPSA) is 66.4 Å². The molecule has 36 heavy (non-hydrogen) atoms. The molecule has 0 amide bonds. The molecule has 0 aliphatic carbocycles. The van der Waals surface area contributed by atoms with E-state index in [1.165, 1.54) is 36.5 Å². The van der Waals surface area contributed by atoms with E-state index in [1.54, 1.807) is 0 Å². The number of aromatic nitrogens is 3. The summed E-state index contributed by atoms with van der Waals surface area (Å²) in [6.07, 6.45) is 6.56. The lowest BCUT2D eigenvalue weighted by atomic mass is 10.2. The van der Waals surface area contributed by atoms with Crippen LogP contribution in [0.4, 0.5) is 0 Å². The van der Waals surface area contributed by atoms with Crippen LogP contribution < -0.4 is 14.2 Å². The standard InChI is InChI=1S/C27H51N3O3S3/c1-7-22(4)19-34-16-10-13-31-25-28-26(32-14-11-17-35-20-23(5)8-2)30-27(29-25)33-15-12-18-36-21-24(6)9-3/h22-24H,7-21H2,1-6H3. The molecule has 0 aliphatic rings. The quantitative estimate of drug-likeness (QED) is 0.119. The molecular formula is C27H51N3O3S3. The Kier molecular flexibility index (Phi) is 20.9. The Bertz CT molecular complexity index is 560. The number of hydrogen-bond acceptors (Lipinski definition) is 9. The number of nitrogens with zero attached hydrogens (tertiary/aromatic N) is 3. The molecule has 0 aliphatic heterocycles. The fourth-order valence-corrected chi connectivity index (χ4v) is 6.07. The zero-order chi connectivity index (χ0) is 26.4. The predicted octanol–water partition coefficient (Wildman–Crippen LogP) is 7.52. The van der Waals surface area contributed by atoms with E-state index in [0.717, 1.165) is 54.3 Å². The van der Waals surface area contributed by atoms with E-state index >= 15 is 0 Å². The van der Waals surface area contributed by atoms with Gasteiger partial charge >= 0.3 is 18.0 Å². The summed E-state index contributed by atoms with van der Waals surface area (Å²) < 4.78 is 17.5. The summed E-state index contributed by atoms with van der Waals surface area (Å²) in [6, 6.07) is 0.873. The summed E-state index contributed by atoms with van der Waals surface area (Å²) in [5.74, 6) is 9.11. The predicted molar refractivity (Wildman–Crippen MR) is 161 cm³/mol. The lowest BCUT2D eigenvalue weighted by Crippen LogP contribution is -2.10. The van der Waals surface area contributed by atoms with Gasteiger partial charge < -0.3 is 14.2 Å². The zero-order valence-corrected chi connectivity index (χ0v) is 26.1. The second-order valence-electron chi connectivity index (χ2n) is 9.55. The second-order valence-corrected chi connectivity index (χ2v) is 13.0. The lowest BCUT2D eigenvalue weighted by molar-refractivity contribution is 0.236. The van der Waals surface area contributed by atoms with Gasteiger partial charge in [0.15, 0.2) is 0 Å². The first-order valence-electron chi connectivity index (χ1n) is 13.9. The molecule has 0 fully saturated rings. The normalized spacial score (nSPS) is 13.8. The van der Waals surface area contributed by atoms with E-state index in [0.29, 0.717) is 37.9 Å². The Morgan fingerprint density at radius 3 is 1.06 bits per heavy atom. The Labute approximate surface area is 234 Å². The van der Waals surface area contributed by atoms with Gasteiger partial charge in [0.1, 0.15) is 0 Å². The molecule has 1 heterocycles. The highest BCUT2D eigenvalue weighted by Crippen LogP contribution is 2.18. The highest BCUT2D eigenvalue weighted by Gasteiger charge is 2.11. The molecule has 0 N–H and O–H groups in total. The van der Waals surface area contributed by atoms with Crippen LogP contribution in [0.3, 0.4) is 0 Å². The summed E-state index contributed by atoms with van der Waals surface area (Å²) in [5.41, 5.74) is 0. The smallest absolute Gasteiger partial charge is 0.325 e. The van der Waals surface area contributed by atoms with Crippen LogP contribution in [0, 0.1) is 17.8 Å². The second kappa shape index (κ2) is 22.4. The van der Waals surface area contributed by atoms with Crippen molar-refractivity contribution < 1.29 is 14.2 Å². The van der Waals surface area contributed by atoms with E-state index < -0.39 is 0 Å². The molecule has 3 atom stereocenters. The minimum Gasteiger partial charge on any atom is -0.463 e. The molecule has 3 unspecified atom stereocenters. The lowest BCUT2D eigenvalue weighted by Gasteiger charge is -2.11. The molecule has 210 valence electrons. The molecule has 0 radical (unpaired) electrons. The molecule has 0 spiro atoms. The molecule has 6 nitrogen and oxygen atoms in total. The van der Waals surface area contributed by atoms with Gasteiger partial charge in [0.25, 0.3) is 0 Å². The third kappa shape index (κ3) is 17.8. The Morgan fingerprint density at radius 1 is 0.528 bits per heavy atom. The van der Waals surface area contributed by atoms with Crippen molar-refractivity contribution in [3.63, 3.8) is 0 Å². The van der Waals surface area contributed by atoms with Crippen molar-refractivity contribution in [1.82, 2.24) is 15.0 Å². The molecule has 9 heteroatoms. The van der Waals surface area contributed by atoms with E-state index in [-0.39, 0.29) is 0 Å². The van der Waals surface area contributed by atoms with Crippen molar-refractivity contribution in [2.45, 2.75) is 80.1 Å². The van der Waals surface area contributed by atoms with Crippen LogP contribution in [0.2, 0.25) is 0 Å². The molecule has 1 aromatic rings. The summed E-state index contributed by atoms with van der Waals surface area (Å²) in [5, 5.41) is 0. The van der Waals surface area contributed by atoms with Crippen LogP contribution in [-0.4, -0.2) is 69.3 Å². The van der Waals surface area contributed by atoms with Gasteiger partial charge in [-0.1, -0.05) is 60.8 Å². The minimum absolute atomic E-state index is 0.291. The number of rotatable bonds is 24. The van der Waals surface area contributed by atoms with Crippen LogP contribution in [-0.2, 0) is 0 Å². The van der Waals surface area contributed by atoms with E-state index in [1.807, 2.05) is 35.3 Å². The van der Waals surface area contributed by atoms with Gasteiger partial charge in [-0.3, -0.25) is 0 Å². The molecule has 0 saturated carbocycles. The molecular weight excluding hydrogens is 511 g/mol. The maximum absolute atomic E-state index is 5.84. The van der Waals surface area contributed by atoms with Gasteiger partial charge in [0, 0.05) is 0 Å². The van der Waals surface area contributed by atoms with Crippen LogP contribution in [0.25, 0.3) is 0 Å². The van der Waals surface area contributed by atoms with Gasteiger partial charge in [-0.05, 0) is 71.5 Å². The van der Waals surface area contributed by atoms with Gasteiger partial charge in [0.2, 0.25) is 0 Å². The summed E-state index contributed by atoms with van der Waals surface area (Å²) >= 11 is 5.95. The first-order chi connectivity index (χ1) is 17.5. The SMILES string of the molecule is CCC(C)CSCCCOc1nc(OCCCSCC(C)CC)nc(OCCCSCC(C)CC)n1. The summed E-state index contributed by atoms with van der Waals surface area (Å²) in [4.78, 5) is 13.1. The average Bonchev–Trinajstić information content (AvgIpc) is 2.89. The van der Waals surface area contributed by atoms with Gasteiger partial charge in [-0.2, -0.15) is 35.3 Å². The van der Waals surface area contributed by atoms with Crippen molar-refractivity contribution in [2.24, 2.45) is 17.8 Å². The van der Waals surface area contributed by atoms with E-state index in [9.17, 15) is 0 Å². The molecule has 1 rings (SSSR count). The fourth-order valence-electron chi connectivity index (χ4n) is 2.69. The third-order valence-corrected chi connectivity index (χ3v) is 10.0. The maximum Gasteiger partial charge on any atom is 0.325 e. The van der Waals surface area contributed by atoms with E-state index in [4.69, 9.17) is 14.2 Å². The first-order valence-corrected chi connectivity index (χ1v) is 17.3. The number of hydrogen-bond donors (Lipinski definition) is 0. The van der Waals surface area contributed by atoms with Crippen molar-refractivity contribution in [1.29, 1.82) is 0 Å². The Morgan fingerprint density at radius 2 is 0.806 bits per heavy atom. The highest BCUT2D eigenvalue weighted by atomic mass is 32.2. The minimum atomic E-state index is 0.291. The van der Waals surface area contributed by atoms with Crippen molar-refractivity contribution >= 4 is 35.3 Å². The molecule has 1 aromatic heterocycles. The van der Waals surface area contributed by atoms with Crippen LogP contribution in [0.1, 0.15) is 80.1 Å². The van der Waals surface area contributed by atoms with Crippen LogP contribution in [0.5, 0.6) is 18.0 Å². The highest BCUT2D eigenvalue weighted by molar-refractivity contribution is 7.99. The van der Waals surface area contributed by atoms with Gasteiger partial charge in [0.05, 0.1) is 19.8 Å². The molecule has 0 saturated heterocycles. The fraction of sp³-hybridized carbons (Fsp3) is 0.889. The largest absolute Gasteiger partial charge is 0.463 e. The Balaban J connectivity index is 2.48. The zero-order valence-electron chi connectivity index (χ0n) is 23.6. The monoisotopic (exact) mass is 561 g/mol. The third-order valence-electron chi connectivity index (χ3n) is 5.86. The van der Waals surface area contributed by atoms with Crippen molar-refractivity contribution in [3.8, 4) is 18.0 Å². The summed E-state index contributed by atoms with van der Waals surface area (Å²) in [7, 11) is 0. The molecule has 0 bridgehead atoms. The van der Waals surface area contributed by atoms with E-state index in [2.05, 4.69) is 56.5 Å². The van der Waals surface area contributed by atoms with Gasteiger partial charge in [-0.15, -0.1) is 15.0 Å². The van der Waals surface area contributed by atoms with Crippen LogP contribution >= 0.6 is 35.3 Å². The van der Waals surface area contributed by atoms with Gasteiger partial charge in [-0.25, -0.2) is 0 Å². The first kappa shape index (κ1) is 33.5. The number of ether oxygens (including phenoxy) is 3. The van der Waals surface area contributed by atoms with Crippen molar-refractivity contribution in [3.05, 3.63) is 0 Å².